The van der Waals surface area contributed by atoms with Crippen LogP contribution in [-0.2, 0) is 9.59 Å². The van der Waals surface area contributed by atoms with E-state index in [1.54, 1.807) is 6.21 Å². The van der Waals surface area contributed by atoms with Crippen molar-refractivity contribution in [1.82, 2.24) is 5.01 Å². The van der Waals surface area contributed by atoms with Crippen molar-refractivity contribution in [3.63, 3.8) is 0 Å². The summed E-state index contributed by atoms with van der Waals surface area (Å²) in [5.74, 6) is -0.262. The van der Waals surface area contributed by atoms with Crippen molar-refractivity contribution < 1.29 is 9.59 Å². The number of carbonyl (C=O) groups is 2. The topological polar surface area (TPSA) is 49.7 Å². The van der Waals surface area contributed by atoms with Crippen LogP contribution >= 0.6 is 15.9 Å². The summed E-state index contributed by atoms with van der Waals surface area (Å²) < 4.78 is 0.937. The van der Waals surface area contributed by atoms with Crippen molar-refractivity contribution in [2.45, 2.75) is 12.8 Å². The molecule has 4 nitrogen and oxygen atoms in total. The van der Waals surface area contributed by atoms with E-state index in [9.17, 15) is 9.59 Å². The third-order valence-electron chi connectivity index (χ3n) is 4.91. The summed E-state index contributed by atoms with van der Waals surface area (Å²) in [7, 11) is 0. The van der Waals surface area contributed by atoms with Gasteiger partial charge in [0.25, 0.3) is 11.8 Å². The number of rotatable bonds is 2. The van der Waals surface area contributed by atoms with Crippen LogP contribution < -0.4 is 0 Å². The smallest absolute Gasteiger partial charge is 0.254 e. The predicted molar refractivity (Wildman–Crippen MR) is 85.9 cm³/mol. The van der Waals surface area contributed by atoms with E-state index in [1.165, 1.54) is 0 Å². The number of allylic oxidation sites excluding steroid dienone is 2. The third kappa shape index (κ3) is 2.07. The van der Waals surface area contributed by atoms with Crippen molar-refractivity contribution in [2.75, 3.05) is 0 Å². The first-order valence-electron chi connectivity index (χ1n) is 7.51. The molecule has 1 saturated heterocycles. The zero-order chi connectivity index (χ0) is 15.3. The first-order chi connectivity index (χ1) is 10.6. The highest BCUT2D eigenvalue weighted by molar-refractivity contribution is 9.10. The van der Waals surface area contributed by atoms with Crippen LogP contribution in [0.15, 0.2) is 46.0 Å². The molecule has 0 unspecified atom stereocenters. The van der Waals surface area contributed by atoms with Crippen LogP contribution in [0.4, 0.5) is 0 Å². The molecule has 0 spiro atoms. The number of amides is 2. The summed E-state index contributed by atoms with van der Waals surface area (Å²) in [6, 6.07) is 7.59. The minimum absolute atomic E-state index is 0.139. The van der Waals surface area contributed by atoms with Crippen LogP contribution in [0.25, 0.3) is 0 Å². The molecule has 4 atom stereocenters. The van der Waals surface area contributed by atoms with E-state index in [0.29, 0.717) is 0 Å². The molecule has 5 heteroatoms. The highest BCUT2D eigenvalue weighted by Crippen LogP contribution is 2.49. The molecule has 4 aliphatic rings. The number of benzene rings is 1. The van der Waals surface area contributed by atoms with Crippen LogP contribution in [-0.4, -0.2) is 23.0 Å². The Balaban J connectivity index is 1.61. The van der Waals surface area contributed by atoms with E-state index < -0.39 is 0 Å². The van der Waals surface area contributed by atoms with Crippen molar-refractivity contribution >= 4 is 34.0 Å². The zero-order valence-electron chi connectivity index (χ0n) is 11.9. The SMILES string of the molecule is O=C1[C@@H]2[C@@H](C(=O)N1/N=C\c1cccc(Br)c1)[C@@H]1C=C[C@@H]2CC1. The molecular weight excluding hydrogens is 344 g/mol. The monoisotopic (exact) mass is 358 g/mol. The molecule has 1 aliphatic heterocycles. The number of hydrogen-bond acceptors (Lipinski definition) is 3. The Morgan fingerprint density at radius 2 is 1.73 bits per heavy atom. The summed E-state index contributed by atoms with van der Waals surface area (Å²) in [4.78, 5) is 25.2. The van der Waals surface area contributed by atoms with Crippen molar-refractivity contribution in [2.24, 2.45) is 28.8 Å². The Kier molecular flexibility index (Phi) is 3.26. The summed E-state index contributed by atoms with van der Waals surface area (Å²) in [6.45, 7) is 0. The van der Waals surface area contributed by atoms with Gasteiger partial charge < -0.3 is 0 Å². The van der Waals surface area contributed by atoms with Crippen LogP contribution in [0.5, 0.6) is 0 Å². The second-order valence-electron chi connectivity index (χ2n) is 6.13. The largest absolute Gasteiger partial charge is 0.272 e. The molecule has 1 aromatic carbocycles. The van der Waals surface area contributed by atoms with Gasteiger partial charge in [-0.3, -0.25) is 9.59 Å². The maximum atomic E-state index is 12.6. The number of fused-ring (bicyclic) bond motifs is 1. The number of hydrazone groups is 1. The van der Waals surface area contributed by atoms with Gasteiger partial charge >= 0.3 is 0 Å². The van der Waals surface area contributed by atoms with Crippen LogP contribution in [0, 0.1) is 23.7 Å². The molecule has 1 heterocycles. The van der Waals surface area contributed by atoms with Gasteiger partial charge in [-0.2, -0.15) is 10.1 Å². The van der Waals surface area contributed by atoms with E-state index in [1.807, 2.05) is 24.3 Å². The Labute approximate surface area is 137 Å². The van der Waals surface area contributed by atoms with Gasteiger partial charge in [0, 0.05) is 4.47 Å². The number of hydrogen-bond donors (Lipinski definition) is 0. The number of halogens is 1. The number of imide groups is 1. The second-order valence-corrected chi connectivity index (χ2v) is 7.05. The van der Waals surface area contributed by atoms with Crippen LogP contribution in [0.3, 0.4) is 0 Å². The fraction of sp³-hybridized carbons (Fsp3) is 0.353. The Morgan fingerprint density at radius 3 is 2.27 bits per heavy atom. The lowest BCUT2D eigenvalue weighted by Crippen LogP contribution is -2.38. The quantitative estimate of drug-likeness (QED) is 0.463. The first kappa shape index (κ1) is 13.9. The van der Waals surface area contributed by atoms with E-state index in [4.69, 9.17) is 0 Å². The van der Waals surface area contributed by atoms with Gasteiger partial charge in [-0.25, -0.2) is 0 Å². The molecule has 5 rings (SSSR count). The molecule has 1 saturated carbocycles. The highest BCUT2D eigenvalue weighted by atomic mass is 79.9. The Morgan fingerprint density at radius 1 is 1.09 bits per heavy atom. The minimum atomic E-state index is -0.198. The summed E-state index contributed by atoms with van der Waals surface area (Å²) in [5, 5.41) is 5.27. The van der Waals surface area contributed by atoms with Gasteiger partial charge in [-0.05, 0) is 42.4 Å². The Bertz CT molecular complexity index is 680. The number of nitrogens with zero attached hydrogens (tertiary/aromatic N) is 2. The molecule has 1 aromatic rings. The molecule has 112 valence electrons. The fourth-order valence-electron chi connectivity index (χ4n) is 3.88. The summed E-state index contributed by atoms with van der Waals surface area (Å²) >= 11 is 3.40. The molecule has 0 N–H and O–H groups in total. The molecule has 3 aliphatic carbocycles. The maximum absolute atomic E-state index is 12.6. The lowest BCUT2D eigenvalue weighted by atomic mass is 9.63. The van der Waals surface area contributed by atoms with E-state index in [0.717, 1.165) is 27.9 Å². The van der Waals surface area contributed by atoms with Crippen molar-refractivity contribution in [3.8, 4) is 0 Å². The zero-order valence-corrected chi connectivity index (χ0v) is 13.4. The third-order valence-corrected chi connectivity index (χ3v) is 5.40. The standard InChI is InChI=1S/C17H15BrN2O2/c18-13-3-1-2-10(8-13)9-19-20-16(21)14-11-4-5-12(7-6-11)15(14)17(20)22/h1-5,8-9,11-12,14-15H,6-7H2/b19-9-/t11-,12-,14+,15+/m1/s1. The van der Waals surface area contributed by atoms with E-state index >= 15 is 0 Å². The van der Waals surface area contributed by atoms with Gasteiger partial charge in [0.15, 0.2) is 0 Å². The highest BCUT2D eigenvalue weighted by Gasteiger charge is 2.56. The van der Waals surface area contributed by atoms with Gasteiger partial charge in [0.2, 0.25) is 0 Å². The molecule has 0 aromatic heterocycles. The van der Waals surface area contributed by atoms with E-state index in [2.05, 4.69) is 33.2 Å². The molecule has 2 fully saturated rings. The fourth-order valence-corrected chi connectivity index (χ4v) is 4.30. The summed E-state index contributed by atoms with van der Waals surface area (Å²) in [6.07, 6.45) is 7.81. The Hall–Kier alpha value is -1.75. The summed E-state index contributed by atoms with van der Waals surface area (Å²) in [5.41, 5.74) is 0.853. The first-order valence-corrected chi connectivity index (χ1v) is 8.30. The average Bonchev–Trinajstić information content (AvgIpc) is 2.80. The average molecular weight is 359 g/mol. The van der Waals surface area contributed by atoms with Gasteiger partial charge in [-0.1, -0.05) is 40.2 Å². The maximum Gasteiger partial charge on any atom is 0.254 e. The van der Waals surface area contributed by atoms with E-state index in [-0.39, 0.29) is 35.5 Å². The van der Waals surface area contributed by atoms with Gasteiger partial charge in [0.05, 0.1) is 18.1 Å². The van der Waals surface area contributed by atoms with Crippen molar-refractivity contribution in [3.05, 3.63) is 46.5 Å². The minimum Gasteiger partial charge on any atom is -0.272 e. The number of carbonyl (C=O) groups excluding carboxylic acids is 2. The second kappa shape index (κ2) is 5.16. The van der Waals surface area contributed by atoms with Crippen LogP contribution in [0.1, 0.15) is 18.4 Å². The normalized spacial score (nSPS) is 33.0. The van der Waals surface area contributed by atoms with Gasteiger partial charge in [-0.15, -0.1) is 0 Å². The lowest BCUT2D eigenvalue weighted by Gasteiger charge is -2.37. The van der Waals surface area contributed by atoms with Crippen LogP contribution in [0.2, 0.25) is 0 Å². The molecule has 2 bridgehead atoms. The molecular formula is C17H15BrN2O2. The lowest BCUT2D eigenvalue weighted by molar-refractivity contribution is -0.140. The van der Waals surface area contributed by atoms with Gasteiger partial charge in [0.1, 0.15) is 0 Å². The predicted octanol–water partition coefficient (Wildman–Crippen LogP) is 2.98. The molecule has 22 heavy (non-hydrogen) atoms. The molecule has 0 radical (unpaired) electrons. The molecule has 2 amide bonds. The van der Waals surface area contributed by atoms with Crippen molar-refractivity contribution in [1.29, 1.82) is 0 Å².